The van der Waals surface area contributed by atoms with Gasteiger partial charge in [-0.05, 0) is 25.7 Å². The van der Waals surface area contributed by atoms with Crippen LogP contribution in [0, 0.1) is 0 Å². The van der Waals surface area contributed by atoms with Gasteiger partial charge in [-0.15, -0.1) is 0 Å². The summed E-state index contributed by atoms with van der Waals surface area (Å²) in [6, 6.07) is 0. The average Bonchev–Trinajstić information content (AvgIpc) is 3.36. The van der Waals surface area contributed by atoms with E-state index in [9.17, 15) is 0 Å². The summed E-state index contributed by atoms with van der Waals surface area (Å²) in [7, 11) is 0. The molecule has 0 saturated heterocycles. The summed E-state index contributed by atoms with van der Waals surface area (Å²) in [5.41, 5.74) is 0. The van der Waals surface area contributed by atoms with Crippen LogP contribution in [0.2, 0.25) is 0 Å². The van der Waals surface area contributed by atoms with Gasteiger partial charge in [0.1, 0.15) is 6.17 Å². The normalized spacial score (nSPS) is 15.0. The Labute approximate surface area is 260 Å². The van der Waals surface area contributed by atoms with Gasteiger partial charge in [-0.3, -0.25) is 0 Å². The summed E-state index contributed by atoms with van der Waals surface area (Å²) in [4.78, 5) is 5.38. The van der Waals surface area contributed by atoms with Gasteiger partial charge >= 0.3 is 0 Å². The minimum atomic E-state index is 0.640. The third kappa shape index (κ3) is 23.5. The van der Waals surface area contributed by atoms with Gasteiger partial charge in [0.25, 0.3) is 0 Å². The molecule has 0 saturated carbocycles. The van der Waals surface area contributed by atoms with Crippen molar-refractivity contribution in [2.75, 3.05) is 13.1 Å². The maximum absolute atomic E-state index is 2.70. The second kappa shape index (κ2) is 30.8. The van der Waals surface area contributed by atoms with Crippen molar-refractivity contribution in [1.82, 2.24) is 9.80 Å². The molecular weight excluding hydrogens is 496 g/mol. The number of unbranched alkanes of at least 4 members (excludes halogenated alkanes) is 27. The quantitative estimate of drug-likeness (QED) is 0.0719. The predicted octanol–water partition coefficient (Wildman–Crippen LogP) is 13.6. The number of nitrogens with zero attached hydrogens (tertiary/aromatic N) is 2. The monoisotopic (exact) mass is 575 g/mol. The first kappa shape index (κ1) is 38.4. The van der Waals surface area contributed by atoms with E-state index in [2.05, 4.69) is 43.0 Å². The first-order chi connectivity index (χ1) is 20.3. The molecule has 244 valence electrons. The standard InChI is InChI=1S/C39H78N2/c1-4-7-10-12-14-16-18-20-21-22-23-25-27-29-31-34-39-40(35-32-9-6-3)37-38-41(39)36-33-30-28-26-24-19-17-15-13-11-8-5-2/h37-39H,4-36H2,1-3H3. The van der Waals surface area contributed by atoms with E-state index in [1.54, 1.807) is 0 Å². The summed E-state index contributed by atoms with van der Waals surface area (Å²) >= 11 is 0. The third-order valence-electron chi connectivity index (χ3n) is 9.57. The first-order valence-electron chi connectivity index (χ1n) is 19.5. The Balaban J connectivity index is 2.08. The molecule has 1 heterocycles. The van der Waals surface area contributed by atoms with E-state index < -0.39 is 0 Å². The van der Waals surface area contributed by atoms with E-state index >= 15 is 0 Å². The Morgan fingerprint density at radius 1 is 0.317 bits per heavy atom. The number of hydrogen-bond acceptors (Lipinski definition) is 2. The molecule has 1 aliphatic rings. The highest BCUT2D eigenvalue weighted by Gasteiger charge is 2.24. The van der Waals surface area contributed by atoms with Gasteiger partial charge in [-0.1, -0.05) is 194 Å². The highest BCUT2D eigenvalue weighted by atomic mass is 15.4. The lowest BCUT2D eigenvalue weighted by Crippen LogP contribution is -2.39. The molecule has 0 aromatic heterocycles. The number of hydrogen-bond donors (Lipinski definition) is 0. The minimum absolute atomic E-state index is 0.640. The van der Waals surface area contributed by atoms with Crippen LogP contribution in [0.15, 0.2) is 12.4 Å². The molecule has 1 atom stereocenters. The highest BCUT2D eigenvalue weighted by Crippen LogP contribution is 2.24. The van der Waals surface area contributed by atoms with E-state index in [0.29, 0.717) is 6.17 Å². The third-order valence-corrected chi connectivity index (χ3v) is 9.57. The molecule has 2 heteroatoms. The lowest BCUT2D eigenvalue weighted by Gasteiger charge is -2.33. The van der Waals surface area contributed by atoms with Crippen molar-refractivity contribution < 1.29 is 0 Å². The molecule has 2 nitrogen and oxygen atoms in total. The fraction of sp³-hybridized carbons (Fsp3) is 0.949. The zero-order valence-electron chi connectivity index (χ0n) is 29.0. The molecule has 0 aliphatic carbocycles. The van der Waals surface area contributed by atoms with Gasteiger partial charge in [-0.2, -0.15) is 0 Å². The Morgan fingerprint density at radius 2 is 0.561 bits per heavy atom. The first-order valence-corrected chi connectivity index (χ1v) is 19.5. The lowest BCUT2D eigenvalue weighted by atomic mass is 10.0. The van der Waals surface area contributed by atoms with Crippen LogP contribution in [0.1, 0.15) is 220 Å². The van der Waals surface area contributed by atoms with Crippen molar-refractivity contribution in [3.63, 3.8) is 0 Å². The maximum Gasteiger partial charge on any atom is 0.101 e. The molecule has 0 bridgehead atoms. The van der Waals surface area contributed by atoms with Gasteiger partial charge in [0.2, 0.25) is 0 Å². The minimum Gasteiger partial charge on any atom is -0.356 e. The van der Waals surface area contributed by atoms with Crippen LogP contribution in [0.3, 0.4) is 0 Å². The second-order valence-corrected chi connectivity index (χ2v) is 13.6. The molecule has 0 fully saturated rings. The average molecular weight is 575 g/mol. The van der Waals surface area contributed by atoms with Crippen molar-refractivity contribution in [3.8, 4) is 0 Å². The summed E-state index contributed by atoms with van der Waals surface area (Å²) in [6.45, 7) is 9.47. The summed E-state index contributed by atoms with van der Waals surface area (Å²) in [5, 5.41) is 0. The summed E-state index contributed by atoms with van der Waals surface area (Å²) < 4.78 is 0. The Bertz CT molecular complexity index is 530. The summed E-state index contributed by atoms with van der Waals surface area (Å²) in [6.07, 6.45) is 50.0. The molecule has 0 spiro atoms. The topological polar surface area (TPSA) is 6.48 Å². The van der Waals surface area contributed by atoms with Crippen LogP contribution < -0.4 is 0 Å². The van der Waals surface area contributed by atoms with Crippen LogP contribution in [-0.2, 0) is 0 Å². The van der Waals surface area contributed by atoms with Crippen LogP contribution in [0.4, 0.5) is 0 Å². The van der Waals surface area contributed by atoms with Gasteiger partial charge in [0.05, 0.1) is 0 Å². The van der Waals surface area contributed by atoms with Crippen molar-refractivity contribution in [2.24, 2.45) is 0 Å². The van der Waals surface area contributed by atoms with Crippen molar-refractivity contribution in [1.29, 1.82) is 0 Å². The molecule has 1 unspecified atom stereocenters. The molecular formula is C39H78N2. The van der Waals surface area contributed by atoms with Gasteiger partial charge in [0, 0.05) is 25.5 Å². The Morgan fingerprint density at radius 3 is 0.902 bits per heavy atom. The van der Waals surface area contributed by atoms with E-state index in [1.165, 1.54) is 212 Å². The number of rotatable bonds is 33. The molecule has 0 aromatic carbocycles. The smallest absolute Gasteiger partial charge is 0.101 e. The van der Waals surface area contributed by atoms with Crippen molar-refractivity contribution in [2.45, 2.75) is 226 Å². The van der Waals surface area contributed by atoms with Crippen molar-refractivity contribution in [3.05, 3.63) is 12.4 Å². The SMILES string of the molecule is CCCCCCCCCCCCCCCCCC1N(CCCCC)C=CN1CCCCCCCCCCCCCC. The van der Waals surface area contributed by atoms with E-state index in [1.807, 2.05) is 0 Å². The van der Waals surface area contributed by atoms with Crippen LogP contribution in [0.5, 0.6) is 0 Å². The van der Waals surface area contributed by atoms with Gasteiger partial charge < -0.3 is 9.80 Å². The Kier molecular flexibility index (Phi) is 28.8. The lowest BCUT2D eigenvalue weighted by molar-refractivity contribution is 0.135. The zero-order chi connectivity index (χ0) is 29.5. The Hall–Kier alpha value is -0.660. The zero-order valence-corrected chi connectivity index (χ0v) is 29.0. The van der Waals surface area contributed by atoms with Gasteiger partial charge in [-0.25, -0.2) is 0 Å². The molecule has 1 aliphatic heterocycles. The van der Waals surface area contributed by atoms with E-state index in [0.717, 1.165) is 0 Å². The molecule has 41 heavy (non-hydrogen) atoms. The van der Waals surface area contributed by atoms with Crippen LogP contribution in [0.25, 0.3) is 0 Å². The molecule has 0 aromatic rings. The fourth-order valence-corrected chi connectivity index (χ4v) is 6.72. The van der Waals surface area contributed by atoms with Crippen molar-refractivity contribution >= 4 is 0 Å². The highest BCUT2D eigenvalue weighted by molar-refractivity contribution is 4.97. The van der Waals surface area contributed by atoms with Crippen LogP contribution >= 0.6 is 0 Å². The largest absolute Gasteiger partial charge is 0.356 e. The fourth-order valence-electron chi connectivity index (χ4n) is 6.72. The van der Waals surface area contributed by atoms with Gasteiger partial charge in [0.15, 0.2) is 0 Å². The predicted molar refractivity (Wildman–Crippen MR) is 186 cm³/mol. The van der Waals surface area contributed by atoms with Crippen LogP contribution in [-0.4, -0.2) is 29.1 Å². The second-order valence-electron chi connectivity index (χ2n) is 13.6. The maximum atomic E-state index is 2.70. The van der Waals surface area contributed by atoms with E-state index in [4.69, 9.17) is 0 Å². The molecule has 0 N–H and O–H groups in total. The molecule has 0 amide bonds. The molecule has 1 rings (SSSR count). The summed E-state index contributed by atoms with van der Waals surface area (Å²) in [5.74, 6) is 0. The molecule has 0 radical (unpaired) electrons. The van der Waals surface area contributed by atoms with E-state index in [-0.39, 0.29) is 0 Å².